The molecule has 4 aromatic rings. The topological polar surface area (TPSA) is 142 Å². The highest BCUT2D eigenvalue weighted by Gasteiger charge is 2.18. The minimum Gasteiger partial charge on any atom is -0.335 e. The third kappa shape index (κ3) is 2.38. The van der Waals surface area contributed by atoms with Crippen molar-refractivity contribution in [2.45, 2.75) is 10.3 Å². The van der Waals surface area contributed by atoms with Gasteiger partial charge in [0, 0.05) is 32.1 Å². The van der Waals surface area contributed by atoms with Crippen LogP contribution in [-0.4, -0.2) is 39.0 Å². The first-order valence-electron chi connectivity index (χ1n) is 7.42. The van der Waals surface area contributed by atoms with E-state index in [0.29, 0.717) is 16.1 Å². The molecule has 4 rings (SSSR count). The number of nitrogens with one attached hydrogen (secondary N) is 1. The Bertz CT molecular complexity index is 1240. The zero-order chi connectivity index (χ0) is 18.4. The maximum Gasteiger partial charge on any atom is 0.332 e. The number of rotatable bonds is 3. The molecule has 0 spiro atoms. The lowest BCUT2D eigenvalue weighted by atomic mass is 10.3. The Hall–Kier alpha value is -3.41. The zero-order valence-electron chi connectivity index (χ0n) is 13.7. The summed E-state index contributed by atoms with van der Waals surface area (Å²) in [5.74, 6) is 6.51. The number of hydrogen-bond donors (Lipinski definition) is 2. The van der Waals surface area contributed by atoms with Crippen LogP contribution in [0.5, 0.6) is 0 Å². The van der Waals surface area contributed by atoms with Crippen LogP contribution in [0.1, 0.15) is 0 Å². The number of fused-ring (bicyclic) bond motifs is 1. The van der Waals surface area contributed by atoms with E-state index in [0.717, 1.165) is 21.9 Å². The second-order valence-electron chi connectivity index (χ2n) is 5.47. The molecule has 11 nitrogen and oxygen atoms in total. The molecule has 0 aliphatic carbocycles. The molecule has 0 saturated heterocycles. The number of H-pyrrole nitrogens is 1. The molecule has 4 heterocycles. The van der Waals surface area contributed by atoms with Gasteiger partial charge in [0.05, 0.1) is 0 Å². The second kappa shape index (κ2) is 5.84. The third-order valence-electron chi connectivity index (χ3n) is 3.85. The van der Waals surface area contributed by atoms with Crippen LogP contribution in [0.15, 0.2) is 44.4 Å². The maximum atomic E-state index is 12.2. The third-order valence-corrected chi connectivity index (χ3v) is 4.69. The molecule has 0 aliphatic heterocycles. The van der Waals surface area contributed by atoms with Crippen LogP contribution in [0, 0.1) is 0 Å². The molecule has 0 aliphatic rings. The summed E-state index contributed by atoms with van der Waals surface area (Å²) in [6.45, 7) is 0. The minimum absolute atomic E-state index is 0.229. The molecule has 0 radical (unpaired) electrons. The van der Waals surface area contributed by atoms with E-state index >= 15 is 0 Å². The van der Waals surface area contributed by atoms with Gasteiger partial charge in [-0.25, -0.2) is 14.5 Å². The fourth-order valence-electron chi connectivity index (χ4n) is 2.48. The predicted octanol–water partition coefficient (Wildman–Crippen LogP) is -0.521. The summed E-state index contributed by atoms with van der Waals surface area (Å²) in [6.07, 6.45) is 3.28. The van der Waals surface area contributed by atoms with Gasteiger partial charge in [-0.05, 0) is 23.9 Å². The first kappa shape index (κ1) is 16.1. The van der Waals surface area contributed by atoms with Crippen LogP contribution >= 0.6 is 11.8 Å². The lowest BCUT2D eigenvalue weighted by Crippen LogP contribution is -2.36. The SMILES string of the molecule is Cn1c(=O)c2[nH]c(Sc3nnc(-c4cccnc4)n3N)nc2n(C)c1=O. The molecule has 12 heteroatoms. The van der Waals surface area contributed by atoms with E-state index in [2.05, 4.69) is 25.1 Å². The predicted molar refractivity (Wildman–Crippen MR) is 94.1 cm³/mol. The summed E-state index contributed by atoms with van der Waals surface area (Å²) in [4.78, 5) is 35.5. The first-order chi connectivity index (χ1) is 12.5. The number of pyridine rings is 1. The number of aryl methyl sites for hydroxylation is 1. The van der Waals surface area contributed by atoms with Crippen LogP contribution in [0.2, 0.25) is 0 Å². The highest BCUT2D eigenvalue weighted by molar-refractivity contribution is 7.99. The Balaban J connectivity index is 1.76. The first-order valence-corrected chi connectivity index (χ1v) is 8.23. The number of nitrogens with zero attached hydrogens (tertiary/aromatic N) is 7. The van der Waals surface area contributed by atoms with Crippen LogP contribution in [0.3, 0.4) is 0 Å². The molecule has 0 atom stereocenters. The van der Waals surface area contributed by atoms with Crippen molar-refractivity contribution in [1.29, 1.82) is 0 Å². The van der Waals surface area contributed by atoms with Gasteiger partial charge in [-0.3, -0.25) is 18.9 Å². The summed E-state index contributed by atoms with van der Waals surface area (Å²) in [7, 11) is 2.96. The standard InChI is InChI=1S/C14H13N9O2S/c1-21-10-8(11(24)22(2)14(21)25)17-12(18-10)26-13-20-19-9(23(13)15)7-4-3-5-16-6-7/h3-6H,15H2,1-2H3,(H,17,18). The molecular weight excluding hydrogens is 358 g/mol. The van der Waals surface area contributed by atoms with Crippen molar-refractivity contribution in [3.63, 3.8) is 0 Å². The molecule has 0 bridgehead atoms. The van der Waals surface area contributed by atoms with E-state index in [4.69, 9.17) is 5.84 Å². The van der Waals surface area contributed by atoms with Gasteiger partial charge in [-0.15, -0.1) is 10.2 Å². The van der Waals surface area contributed by atoms with Crippen molar-refractivity contribution in [2.75, 3.05) is 5.84 Å². The van der Waals surface area contributed by atoms with Gasteiger partial charge in [0.2, 0.25) is 5.16 Å². The molecular formula is C14H13N9O2S. The van der Waals surface area contributed by atoms with Crippen molar-refractivity contribution in [3.8, 4) is 11.4 Å². The number of nitrogens with two attached hydrogens (primary N) is 1. The largest absolute Gasteiger partial charge is 0.335 e. The van der Waals surface area contributed by atoms with Crippen molar-refractivity contribution >= 4 is 22.9 Å². The quantitative estimate of drug-likeness (QED) is 0.458. The summed E-state index contributed by atoms with van der Waals surface area (Å²) in [5, 5.41) is 8.85. The smallest absolute Gasteiger partial charge is 0.332 e. The molecule has 0 saturated carbocycles. The number of hydrogen-bond acceptors (Lipinski definition) is 8. The number of nitrogen functional groups attached to an aromatic ring is 1. The van der Waals surface area contributed by atoms with Crippen molar-refractivity contribution in [3.05, 3.63) is 45.4 Å². The number of aromatic amines is 1. The van der Waals surface area contributed by atoms with E-state index in [1.165, 1.54) is 16.3 Å². The van der Waals surface area contributed by atoms with Crippen molar-refractivity contribution in [1.82, 2.24) is 39.0 Å². The Morgan fingerprint density at radius 2 is 2.00 bits per heavy atom. The van der Waals surface area contributed by atoms with Gasteiger partial charge in [-0.1, -0.05) is 0 Å². The normalized spacial score (nSPS) is 11.3. The van der Waals surface area contributed by atoms with Gasteiger partial charge in [0.25, 0.3) is 5.56 Å². The lowest BCUT2D eigenvalue weighted by molar-refractivity contribution is 0.708. The molecule has 3 N–H and O–H groups in total. The highest BCUT2D eigenvalue weighted by Crippen LogP contribution is 2.26. The van der Waals surface area contributed by atoms with E-state index in [1.807, 2.05) is 6.07 Å². The van der Waals surface area contributed by atoms with Crippen molar-refractivity contribution in [2.24, 2.45) is 14.1 Å². The number of imidazole rings is 1. The Kier molecular flexibility index (Phi) is 3.61. The van der Waals surface area contributed by atoms with Gasteiger partial charge in [0.15, 0.2) is 22.1 Å². The van der Waals surface area contributed by atoms with Gasteiger partial charge in [-0.2, -0.15) is 0 Å². The van der Waals surface area contributed by atoms with Gasteiger partial charge in [0.1, 0.15) is 0 Å². The molecule has 4 aromatic heterocycles. The maximum absolute atomic E-state index is 12.2. The Labute approximate surface area is 149 Å². The minimum atomic E-state index is -0.452. The van der Waals surface area contributed by atoms with Gasteiger partial charge >= 0.3 is 5.69 Å². The average Bonchev–Trinajstić information content (AvgIpc) is 3.24. The zero-order valence-corrected chi connectivity index (χ0v) is 14.6. The lowest BCUT2D eigenvalue weighted by Gasteiger charge is -2.01. The van der Waals surface area contributed by atoms with Crippen molar-refractivity contribution < 1.29 is 0 Å². The van der Waals surface area contributed by atoms with Crippen LogP contribution in [-0.2, 0) is 14.1 Å². The summed E-state index contributed by atoms with van der Waals surface area (Å²) in [6, 6.07) is 3.59. The fourth-order valence-corrected chi connectivity index (χ4v) is 3.20. The van der Waals surface area contributed by atoms with Gasteiger partial charge < -0.3 is 10.8 Å². The average molecular weight is 371 g/mol. The van der Waals surface area contributed by atoms with Crippen LogP contribution in [0.4, 0.5) is 0 Å². The molecule has 132 valence electrons. The summed E-state index contributed by atoms with van der Waals surface area (Å²) in [5.41, 5.74) is 0.304. The molecule has 0 fully saturated rings. The van der Waals surface area contributed by atoms with E-state index in [9.17, 15) is 9.59 Å². The Morgan fingerprint density at radius 1 is 1.19 bits per heavy atom. The summed E-state index contributed by atoms with van der Waals surface area (Å²) >= 11 is 1.10. The van der Waals surface area contributed by atoms with Crippen LogP contribution < -0.4 is 17.1 Å². The van der Waals surface area contributed by atoms with E-state index in [-0.39, 0.29) is 11.2 Å². The molecule has 0 aromatic carbocycles. The fraction of sp³-hybridized carbons (Fsp3) is 0.143. The molecule has 26 heavy (non-hydrogen) atoms. The van der Waals surface area contributed by atoms with Crippen LogP contribution in [0.25, 0.3) is 22.6 Å². The Morgan fingerprint density at radius 3 is 2.73 bits per heavy atom. The number of aromatic nitrogens is 8. The summed E-state index contributed by atoms with van der Waals surface area (Å²) < 4.78 is 3.62. The van der Waals surface area contributed by atoms with E-state index < -0.39 is 11.2 Å². The van der Waals surface area contributed by atoms with E-state index in [1.54, 1.807) is 25.5 Å². The molecule has 0 unspecified atom stereocenters. The second-order valence-corrected chi connectivity index (χ2v) is 6.42. The monoisotopic (exact) mass is 371 g/mol. The molecule has 0 amide bonds. The highest BCUT2D eigenvalue weighted by atomic mass is 32.2.